The number of hydrogen-bond acceptors (Lipinski definition) is 7. The monoisotopic (exact) mass is 608 g/mol. The quantitative estimate of drug-likeness (QED) is 0.207. The highest BCUT2D eigenvalue weighted by atomic mass is 19.4. The number of fused-ring (bicyclic) bond motifs is 3. The molecule has 0 bridgehead atoms. The van der Waals surface area contributed by atoms with E-state index in [0.717, 1.165) is 50.5 Å². The summed E-state index contributed by atoms with van der Waals surface area (Å²) < 4.78 is 75.4. The summed E-state index contributed by atoms with van der Waals surface area (Å²) in [6.45, 7) is 0.422. The highest BCUT2D eigenvalue weighted by Crippen LogP contribution is 2.36. The van der Waals surface area contributed by atoms with E-state index in [1.165, 1.54) is 0 Å². The minimum Gasteiger partial charge on any atom is -0.485 e. The minimum absolute atomic E-state index is 0.269. The molecule has 1 atom stereocenters. The Kier molecular flexibility index (Phi) is 8.68. The predicted molar refractivity (Wildman–Crippen MR) is 137 cm³/mol. The summed E-state index contributed by atoms with van der Waals surface area (Å²) >= 11 is 0. The molecule has 0 spiro atoms. The number of nitrogens with one attached hydrogen (secondary N) is 1. The van der Waals surface area contributed by atoms with Crippen LogP contribution in [0, 0.1) is 0 Å². The van der Waals surface area contributed by atoms with Crippen LogP contribution in [0.25, 0.3) is 33.2 Å². The Balaban J connectivity index is 0.000000254. The molecule has 1 aliphatic heterocycles. The van der Waals surface area contributed by atoms with Gasteiger partial charge in [-0.2, -0.15) is 26.3 Å². The van der Waals surface area contributed by atoms with E-state index in [0.29, 0.717) is 6.61 Å². The number of alkyl halides is 6. The lowest BCUT2D eigenvalue weighted by atomic mass is 10.1. The van der Waals surface area contributed by atoms with Crippen LogP contribution in [0.5, 0.6) is 11.5 Å². The van der Waals surface area contributed by atoms with Crippen LogP contribution in [0.15, 0.2) is 73.1 Å². The fourth-order valence-electron chi connectivity index (χ4n) is 3.64. The summed E-state index contributed by atoms with van der Waals surface area (Å²) in [5.74, 6) is -3.26. The van der Waals surface area contributed by atoms with Gasteiger partial charge in [-0.05, 0) is 48.0 Å². The maximum Gasteiger partial charge on any atom is 0.490 e. The first-order valence-electron chi connectivity index (χ1n) is 11.9. The molecule has 10 nitrogen and oxygen atoms in total. The van der Waals surface area contributed by atoms with Gasteiger partial charge in [0.25, 0.3) is 0 Å². The van der Waals surface area contributed by atoms with Crippen LogP contribution in [0.4, 0.5) is 26.3 Å². The highest BCUT2D eigenvalue weighted by Gasteiger charge is 2.38. The molecule has 5 aromatic rings. The number of halogens is 6. The largest absolute Gasteiger partial charge is 0.490 e. The Hall–Kier alpha value is -5.41. The molecular weight excluding hydrogens is 590 g/mol. The van der Waals surface area contributed by atoms with Gasteiger partial charge in [-0.15, -0.1) is 0 Å². The molecule has 4 heterocycles. The maximum absolute atomic E-state index is 10.6. The van der Waals surface area contributed by atoms with E-state index >= 15 is 0 Å². The summed E-state index contributed by atoms with van der Waals surface area (Å²) in [4.78, 5) is 34.6. The van der Waals surface area contributed by atoms with Gasteiger partial charge >= 0.3 is 24.3 Å². The Morgan fingerprint density at radius 3 is 2.14 bits per heavy atom. The van der Waals surface area contributed by atoms with Gasteiger partial charge in [0.1, 0.15) is 6.61 Å². The Morgan fingerprint density at radius 1 is 0.837 bits per heavy atom. The van der Waals surface area contributed by atoms with E-state index in [2.05, 4.69) is 33.2 Å². The molecule has 3 aromatic heterocycles. The molecule has 0 saturated heterocycles. The number of aromatic nitrogens is 4. The molecule has 16 heteroatoms. The van der Waals surface area contributed by atoms with Crippen molar-refractivity contribution in [1.82, 2.24) is 19.9 Å². The summed E-state index contributed by atoms with van der Waals surface area (Å²) in [6, 6.07) is 19.9. The van der Waals surface area contributed by atoms with Gasteiger partial charge in [-0.3, -0.25) is 0 Å². The number of H-pyrrole nitrogens is 1. The number of ether oxygens (including phenoxy) is 2. The summed E-state index contributed by atoms with van der Waals surface area (Å²) in [7, 11) is 0. The zero-order valence-electron chi connectivity index (χ0n) is 21.3. The number of carboxylic acid groups (broad SMARTS) is 2. The van der Waals surface area contributed by atoms with Crippen LogP contribution >= 0.6 is 0 Å². The van der Waals surface area contributed by atoms with Crippen molar-refractivity contribution in [2.45, 2.75) is 18.5 Å². The molecular formula is C27H18F6N4O6. The SMILES string of the molecule is O=C(O)C(F)(F)F.O=C(O)C(F)(F)F.c1ccc2c(c1)OCC(c1nc3ccc(-c4cnc5ncccc5c4)cc3[nH]1)O2. The molecule has 1 unspecified atom stereocenters. The van der Waals surface area contributed by atoms with Crippen molar-refractivity contribution in [3.8, 4) is 22.6 Å². The fourth-order valence-corrected chi connectivity index (χ4v) is 3.64. The van der Waals surface area contributed by atoms with Crippen LogP contribution in [-0.2, 0) is 9.59 Å². The molecule has 43 heavy (non-hydrogen) atoms. The summed E-state index contributed by atoms with van der Waals surface area (Å²) in [5, 5.41) is 15.3. The van der Waals surface area contributed by atoms with Gasteiger partial charge in [0.2, 0.25) is 0 Å². The van der Waals surface area contributed by atoms with Gasteiger partial charge < -0.3 is 24.7 Å². The molecule has 0 aliphatic carbocycles. The van der Waals surface area contributed by atoms with Gasteiger partial charge in [-0.1, -0.05) is 18.2 Å². The Morgan fingerprint density at radius 2 is 1.49 bits per heavy atom. The standard InChI is InChI=1S/C23H16N4O2.2C2HF3O2/c1-2-6-20-19(5-1)28-13-21(29-20)23-26-17-8-7-14(11-18(17)27-23)16-10-15-4-3-9-24-22(15)25-12-16;2*3-2(4,5)1(6)7/h1-12,21H,13H2,(H,26,27);2*(H,6,7). The Labute approximate surface area is 236 Å². The number of pyridine rings is 2. The molecule has 224 valence electrons. The van der Waals surface area contributed by atoms with Crippen LogP contribution in [0.2, 0.25) is 0 Å². The van der Waals surface area contributed by atoms with E-state index in [9.17, 15) is 26.3 Å². The average molecular weight is 608 g/mol. The second kappa shape index (κ2) is 12.2. The molecule has 0 radical (unpaired) electrons. The van der Waals surface area contributed by atoms with Crippen LogP contribution in [0.3, 0.4) is 0 Å². The van der Waals surface area contributed by atoms with E-state index in [1.54, 1.807) is 6.20 Å². The number of carbonyl (C=O) groups is 2. The number of nitrogens with zero attached hydrogens (tertiary/aromatic N) is 3. The third-order valence-electron chi connectivity index (χ3n) is 5.59. The van der Waals surface area contributed by atoms with Gasteiger partial charge in [0.15, 0.2) is 29.1 Å². The zero-order chi connectivity index (χ0) is 31.4. The van der Waals surface area contributed by atoms with Crippen molar-refractivity contribution < 1.29 is 55.6 Å². The van der Waals surface area contributed by atoms with Crippen molar-refractivity contribution in [2.24, 2.45) is 0 Å². The number of imidazole rings is 1. The second-order valence-corrected chi connectivity index (χ2v) is 8.60. The number of para-hydroxylation sites is 2. The van der Waals surface area contributed by atoms with Crippen molar-refractivity contribution in [3.63, 3.8) is 0 Å². The summed E-state index contributed by atoms with van der Waals surface area (Å²) in [5.41, 5.74) is 4.69. The lowest BCUT2D eigenvalue weighted by molar-refractivity contribution is -0.193. The maximum atomic E-state index is 10.6. The van der Waals surface area contributed by atoms with E-state index < -0.39 is 24.3 Å². The van der Waals surface area contributed by atoms with Crippen molar-refractivity contribution in [2.75, 3.05) is 6.61 Å². The number of hydrogen-bond donors (Lipinski definition) is 3. The lowest BCUT2D eigenvalue weighted by Gasteiger charge is -2.24. The number of aromatic amines is 1. The molecule has 6 rings (SSSR count). The first-order valence-corrected chi connectivity index (χ1v) is 11.9. The van der Waals surface area contributed by atoms with Crippen molar-refractivity contribution in [1.29, 1.82) is 0 Å². The first kappa shape index (κ1) is 30.5. The van der Waals surface area contributed by atoms with E-state index in [-0.39, 0.29) is 6.10 Å². The molecule has 2 aromatic carbocycles. The van der Waals surface area contributed by atoms with E-state index in [1.807, 2.05) is 48.7 Å². The molecule has 0 amide bonds. The molecule has 0 saturated carbocycles. The van der Waals surface area contributed by atoms with Crippen LogP contribution in [-0.4, -0.2) is 61.0 Å². The molecule has 3 N–H and O–H groups in total. The smallest absolute Gasteiger partial charge is 0.485 e. The number of aliphatic carboxylic acids is 2. The number of rotatable bonds is 2. The Bertz CT molecular complexity index is 1750. The first-order chi connectivity index (χ1) is 20.2. The molecule has 0 fully saturated rings. The van der Waals surface area contributed by atoms with Crippen LogP contribution in [0.1, 0.15) is 11.9 Å². The highest BCUT2D eigenvalue weighted by molar-refractivity contribution is 5.85. The number of carboxylic acids is 2. The lowest BCUT2D eigenvalue weighted by Crippen LogP contribution is -2.22. The van der Waals surface area contributed by atoms with Gasteiger partial charge in [0, 0.05) is 23.3 Å². The number of benzene rings is 2. The second-order valence-electron chi connectivity index (χ2n) is 8.60. The third kappa shape index (κ3) is 7.66. The normalized spacial score (nSPS) is 14.2. The molecule has 1 aliphatic rings. The third-order valence-corrected chi connectivity index (χ3v) is 5.59. The predicted octanol–water partition coefficient (Wildman–Crippen LogP) is 5.95. The van der Waals surface area contributed by atoms with Gasteiger partial charge in [0.05, 0.1) is 11.0 Å². The average Bonchev–Trinajstić information content (AvgIpc) is 3.40. The topological polar surface area (TPSA) is 148 Å². The minimum atomic E-state index is -5.08. The van der Waals surface area contributed by atoms with Crippen LogP contribution < -0.4 is 9.47 Å². The fraction of sp³-hybridized carbons (Fsp3) is 0.148. The van der Waals surface area contributed by atoms with E-state index in [4.69, 9.17) is 34.3 Å². The van der Waals surface area contributed by atoms with Crippen molar-refractivity contribution >= 4 is 34.0 Å². The zero-order valence-corrected chi connectivity index (χ0v) is 21.3. The van der Waals surface area contributed by atoms with Gasteiger partial charge in [-0.25, -0.2) is 24.5 Å². The summed E-state index contributed by atoms with van der Waals surface area (Å²) in [6.07, 6.45) is -6.83. The van der Waals surface area contributed by atoms with Crippen molar-refractivity contribution in [3.05, 3.63) is 78.9 Å².